The van der Waals surface area contributed by atoms with Crippen LogP contribution in [0.25, 0.3) is 0 Å². The topological polar surface area (TPSA) is 69.6 Å². The number of hydrogen-bond donors (Lipinski definition) is 2. The van der Waals surface area contributed by atoms with Crippen LogP contribution in [0.5, 0.6) is 0 Å². The molecule has 0 radical (unpaired) electrons. The number of likely N-dealkylation sites (tertiary alicyclic amines) is 1. The van der Waals surface area contributed by atoms with Gasteiger partial charge in [0.05, 0.1) is 12.5 Å². The van der Waals surface area contributed by atoms with E-state index in [1.165, 1.54) is 6.42 Å². The van der Waals surface area contributed by atoms with E-state index in [-0.39, 0.29) is 30.3 Å². The lowest BCUT2D eigenvalue weighted by molar-refractivity contribution is -0.143. The van der Waals surface area contributed by atoms with Crippen LogP contribution in [0, 0.1) is 11.8 Å². The Morgan fingerprint density at radius 3 is 2.27 bits per heavy atom. The highest BCUT2D eigenvalue weighted by molar-refractivity contribution is 5.85. The van der Waals surface area contributed by atoms with E-state index in [9.17, 15) is 9.59 Å². The molecule has 0 aromatic rings. The van der Waals surface area contributed by atoms with Crippen LogP contribution in [-0.4, -0.2) is 47.6 Å². The molecule has 6 heteroatoms. The number of carboxylic acids is 1. The van der Waals surface area contributed by atoms with Crippen molar-refractivity contribution in [3.8, 4) is 0 Å². The Hall–Kier alpha value is -0.810. The fourth-order valence-electron chi connectivity index (χ4n) is 2.77. The fraction of sp³-hybridized carbons (Fsp3) is 0.875. The predicted molar refractivity (Wildman–Crippen MR) is 90.3 cm³/mol. The molecule has 130 valence electrons. The number of carbonyl (C=O) groups is 2. The van der Waals surface area contributed by atoms with E-state index in [1.807, 2.05) is 0 Å². The minimum absolute atomic E-state index is 0. The van der Waals surface area contributed by atoms with Gasteiger partial charge in [0.15, 0.2) is 0 Å². The van der Waals surface area contributed by atoms with Crippen molar-refractivity contribution in [3.05, 3.63) is 0 Å². The van der Waals surface area contributed by atoms with Gasteiger partial charge in [-0.2, -0.15) is 0 Å². The number of rotatable bonds is 8. The summed E-state index contributed by atoms with van der Waals surface area (Å²) in [4.78, 5) is 24.9. The molecule has 5 nitrogen and oxygen atoms in total. The third kappa shape index (κ3) is 8.59. The Balaban J connectivity index is 0.00000441. The summed E-state index contributed by atoms with van der Waals surface area (Å²) in [6, 6.07) is 0.216. The fourth-order valence-corrected chi connectivity index (χ4v) is 2.77. The van der Waals surface area contributed by atoms with Crippen LogP contribution in [0.4, 0.5) is 0 Å². The molecule has 0 aromatic heterocycles. The molecule has 1 aliphatic heterocycles. The van der Waals surface area contributed by atoms with Crippen LogP contribution in [0.15, 0.2) is 0 Å². The smallest absolute Gasteiger partial charge is 0.306 e. The van der Waals surface area contributed by atoms with Crippen LogP contribution in [0.1, 0.15) is 52.9 Å². The van der Waals surface area contributed by atoms with Crippen molar-refractivity contribution < 1.29 is 14.7 Å². The molecule has 0 saturated carbocycles. The quantitative estimate of drug-likeness (QED) is 0.715. The number of piperidine rings is 1. The second kappa shape index (κ2) is 10.8. The Morgan fingerprint density at radius 2 is 1.77 bits per heavy atom. The first-order valence-corrected chi connectivity index (χ1v) is 8.13. The number of nitrogens with zero attached hydrogens (tertiary/aromatic N) is 1. The molecule has 0 aliphatic carbocycles. The van der Waals surface area contributed by atoms with Crippen LogP contribution < -0.4 is 5.32 Å². The standard InChI is InChI=1S/C16H30N2O3.ClH/c1-12(2)5-4-6-13(3)17-15(19)11-18-9-7-14(8-10-18)16(20)21;/h12-14H,4-11H2,1-3H3,(H,17,19)(H,20,21);1H. The van der Waals surface area contributed by atoms with Gasteiger partial charge in [-0.15, -0.1) is 12.4 Å². The third-order valence-electron chi connectivity index (χ3n) is 4.13. The minimum Gasteiger partial charge on any atom is -0.481 e. The highest BCUT2D eigenvalue weighted by Gasteiger charge is 2.25. The minimum atomic E-state index is -0.710. The lowest BCUT2D eigenvalue weighted by atomic mass is 9.97. The zero-order chi connectivity index (χ0) is 15.8. The normalized spacial score (nSPS) is 17.8. The van der Waals surface area contributed by atoms with Crippen molar-refractivity contribution in [2.24, 2.45) is 11.8 Å². The average Bonchev–Trinajstić information content (AvgIpc) is 2.38. The molecule has 1 saturated heterocycles. The van der Waals surface area contributed by atoms with Crippen molar-refractivity contribution >= 4 is 24.3 Å². The third-order valence-corrected chi connectivity index (χ3v) is 4.13. The van der Waals surface area contributed by atoms with E-state index in [4.69, 9.17) is 5.11 Å². The summed E-state index contributed by atoms with van der Waals surface area (Å²) in [5.41, 5.74) is 0. The number of carboxylic acid groups (broad SMARTS) is 1. The summed E-state index contributed by atoms with van der Waals surface area (Å²) >= 11 is 0. The maximum absolute atomic E-state index is 12.0. The van der Waals surface area contributed by atoms with Crippen molar-refractivity contribution in [2.75, 3.05) is 19.6 Å². The van der Waals surface area contributed by atoms with E-state index in [1.54, 1.807) is 0 Å². The number of hydrogen-bond acceptors (Lipinski definition) is 3. The first kappa shape index (κ1) is 21.2. The maximum Gasteiger partial charge on any atom is 0.306 e. The van der Waals surface area contributed by atoms with Crippen molar-refractivity contribution in [3.63, 3.8) is 0 Å². The zero-order valence-corrected chi connectivity index (χ0v) is 14.8. The Morgan fingerprint density at radius 1 is 1.18 bits per heavy atom. The van der Waals surface area contributed by atoms with Crippen LogP contribution in [-0.2, 0) is 9.59 Å². The largest absolute Gasteiger partial charge is 0.481 e. The molecular formula is C16H31ClN2O3. The van der Waals surface area contributed by atoms with Gasteiger partial charge < -0.3 is 10.4 Å². The number of halogens is 1. The first-order valence-electron chi connectivity index (χ1n) is 8.13. The van der Waals surface area contributed by atoms with E-state index in [0.717, 1.165) is 12.8 Å². The highest BCUT2D eigenvalue weighted by atomic mass is 35.5. The van der Waals surface area contributed by atoms with Gasteiger partial charge >= 0.3 is 5.97 Å². The Kier molecular flexibility index (Phi) is 10.4. The van der Waals surface area contributed by atoms with Crippen LogP contribution in [0.2, 0.25) is 0 Å². The molecule has 1 rings (SSSR count). The molecule has 1 atom stereocenters. The number of carbonyl (C=O) groups excluding carboxylic acids is 1. The van der Waals surface area contributed by atoms with E-state index < -0.39 is 5.97 Å². The second-order valence-corrected chi connectivity index (χ2v) is 6.68. The van der Waals surface area contributed by atoms with Gasteiger partial charge in [0.1, 0.15) is 0 Å². The van der Waals surface area contributed by atoms with Gasteiger partial charge in [-0.3, -0.25) is 14.5 Å². The molecule has 1 heterocycles. The van der Waals surface area contributed by atoms with E-state index in [0.29, 0.717) is 38.4 Å². The van der Waals surface area contributed by atoms with Crippen molar-refractivity contribution in [2.45, 2.75) is 58.9 Å². The van der Waals surface area contributed by atoms with Gasteiger partial charge in [-0.1, -0.05) is 26.7 Å². The summed E-state index contributed by atoms with van der Waals surface area (Å²) in [6.07, 6.45) is 4.65. The lowest BCUT2D eigenvalue weighted by Gasteiger charge is -2.29. The monoisotopic (exact) mass is 334 g/mol. The summed E-state index contributed by atoms with van der Waals surface area (Å²) in [5, 5.41) is 12.0. The number of nitrogens with one attached hydrogen (secondary N) is 1. The Labute approximate surface area is 140 Å². The molecule has 0 spiro atoms. The molecule has 0 bridgehead atoms. The van der Waals surface area contributed by atoms with Gasteiger partial charge in [0, 0.05) is 6.04 Å². The van der Waals surface area contributed by atoms with Crippen LogP contribution >= 0.6 is 12.4 Å². The number of aliphatic carboxylic acids is 1. The molecule has 1 unspecified atom stereocenters. The van der Waals surface area contributed by atoms with Gasteiger partial charge in [0.2, 0.25) is 5.91 Å². The molecular weight excluding hydrogens is 304 g/mol. The van der Waals surface area contributed by atoms with E-state index >= 15 is 0 Å². The van der Waals surface area contributed by atoms with Gasteiger partial charge in [0.25, 0.3) is 0 Å². The maximum atomic E-state index is 12.0. The summed E-state index contributed by atoms with van der Waals surface area (Å²) in [6.45, 7) is 8.27. The molecule has 2 N–H and O–H groups in total. The highest BCUT2D eigenvalue weighted by Crippen LogP contribution is 2.16. The number of amides is 1. The summed E-state index contributed by atoms with van der Waals surface area (Å²) in [7, 11) is 0. The van der Waals surface area contributed by atoms with Crippen molar-refractivity contribution in [1.82, 2.24) is 10.2 Å². The van der Waals surface area contributed by atoms with Crippen molar-refractivity contribution in [1.29, 1.82) is 0 Å². The average molecular weight is 335 g/mol. The Bertz CT molecular complexity index is 342. The summed E-state index contributed by atoms with van der Waals surface area (Å²) in [5.74, 6) is -0.179. The molecule has 1 fully saturated rings. The molecule has 22 heavy (non-hydrogen) atoms. The van der Waals surface area contributed by atoms with Gasteiger partial charge in [-0.25, -0.2) is 0 Å². The zero-order valence-electron chi connectivity index (χ0n) is 14.0. The van der Waals surface area contributed by atoms with E-state index in [2.05, 4.69) is 31.0 Å². The predicted octanol–water partition coefficient (Wildman–Crippen LogP) is 2.54. The molecule has 1 amide bonds. The van der Waals surface area contributed by atoms with Crippen LogP contribution in [0.3, 0.4) is 0 Å². The summed E-state index contributed by atoms with van der Waals surface area (Å²) < 4.78 is 0. The second-order valence-electron chi connectivity index (χ2n) is 6.68. The lowest BCUT2D eigenvalue weighted by Crippen LogP contribution is -2.44. The molecule has 1 aliphatic rings. The van der Waals surface area contributed by atoms with Gasteiger partial charge in [-0.05, 0) is 45.2 Å². The first-order chi connectivity index (χ1) is 9.88. The molecule has 0 aromatic carbocycles. The SMILES string of the molecule is CC(C)CCCC(C)NC(=O)CN1CCC(C(=O)O)CC1.Cl.